The van der Waals surface area contributed by atoms with Crippen molar-refractivity contribution in [2.45, 2.75) is 51.7 Å². The number of carbonyl (C=O) groups excluding carboxylic acids is 1. The van der Waals surface area contributed by atoms with Crippen molar-refractivity contribution in [3.8, 4) is 11.5 Å². The summed E-state index contributed by atoms with van der Waals surface area (Å²) in [5.41, 5.74) is 2.35. The van der Waals surface area contributed by atoms with Gasteiger partial charge in [0.05, 0.1) is 13.7 Å². The van der Waals surface area contributed by atoms with E-state index in [1.807, 2.05) is 32.0 Å². The summed E-state index contributed by atoms with van der Waals surface area (Å²) < 4.78 is 13.0. The SMILES string of the molecule is CCCCSc1nc2n(n1)C(c1ccc(OCC)c(OC)c1)C(C(C)=O)=C(C)N2. The highest BCUT2D eigenvalue weighted by Gasteiger charge is 2.33. The standard InChI is InChI=1S/C21H28N4O3S/c1-6-8-11-29-21-23-20-22-13(3)18(14(4)26)19(25(20)24-21)15-9-10-16(28-7-2)17(12-15)27-5/h9-10,12,19H,6-8,11H2,1-5H3,(H,22,23,24). The predicted octanol–water partition coefficient (Wildman–Crippen LogP) is 4.46. The van der Waals surface area contributed by atoms with Crippen LogP contribution in [0.25, 0.3) is 0 Å². The number of nitrogens with zero attached hydrogens (tertiary/aromatic N) is 3. The van der Waals surface area contributed by atoms with E-state index in [0.29, 0.717) is 34.8 Å². The van der Waals surface area contributed by atoms with Crippen LogP contribution in [0, 0.1) is 0 Å². The summed E-state index contributed by atoms with van der Waals surface area (Å²) >= 11 is 1.63. The summed E-state index contributed by atoms with van der Waals surface area (Å²) in [5.74, 6) is 2.90. The normalized spacial score (nSPS) is 15.7. The van der Waals surface area contributed by atoms with Crippen LogP contribution in [0.15, 0.2) is 34.6 Å². The number of ether oxygens (including phenoxy) is 2. The molecule has 0 saturated carbocycles. The smallest absolute Gasteiger partial charge is 0.227 e. The molecule has 1 unspecified atom stereocenters. The van der Waals surface area contributed by atoms with Gasteiger partial charge in [-0.05, 0) is 44.9 Å². The zero-order valence-corrected chi connectivity index (χ0v) is 18.4. The van der Waals surface area contributed by atoms with E-state index < -0.39 is 0 Å². The first kappa shape index (κ1) is 21.2. The van der Waals surface area contributed by atoms with Crippen molar-refractivity contribution < 1.29 is 14.3 Å². The number of hydrogen-bond donors (Lipinski definition) is 1. The van der Waals surface area contributed by atoms with Gasteiger partial charge in [0.1, 0.15) is 6.04 Å². The van der Waals surface area contributed by atoms with Crippen LogP contribution in [0.1, 0.15) is 52.1 Å². The number of benzene rings is 1. The van der Waals surface area contributed by atoms with E-state index in [2.05, 4.69) is 17.2 Å². The molecule has 29 heavy (non-hydrogen) atoms. The molecule has 3 rings (SSSR count). The van der Waals surface area contributed by atoms with Crippen LogP contribution < -0.4 is 14.8 Å². The first-order valence-corrected chi connectivity index (χ1v) is 10.9. The van der Waals surface area contributed by atoms with Crippen molar-refractivity contribution in [2.24, 2.45) is 0 Å². The topological polar surface area (TPSA) is 78.3 Å². The number of anilines is 1. The molecule has 2 aromatic rings. The minimum atomic E-state index is -0.374. The van der Waals surface area contributed by atoms with E-state index in [9.17, 15) is 4.79 Å². The maximum absolute atomic E-state index is 12.5. The Bertz CT molecular complexity index is 923. The second-order valence-corrected chi connectivity index (χ2v) is 7.89. The number of ketones is 1. The molecule has 0 bridgehead atoms. The first-order chi connectivity index (χ1) is 14.0. The zero-order valence-electron chi connectivity index (χ0n) is 17.6. The van der Waals surface area contributed by atoms with Crippen LogP contribution in [0.3, 0.4) is 0 Å². The van der Waals surface area contributed by atoms with E-state index in [1.54, 1.807) is 30.5 Å². The molecule has 7 nitrogen and oxygen atoms in total. The van der Waals surface area contributed by atoms with Gasteiger partial charge in [-0.25, -0.2) is 4.68 Å². The van der Waals surface area contributed by atoms with Gasteiger partial charge in [-0.1, -0.05) is 31.2 Å². The lowest BCUT2D eigenvalue weighted by Crippen LogP contribution is -2.27. The molecular weight excluding hydrogens is 388 g/mol. The predicted molar refractivity (Wildman–Crippen MR) is 115 cm³/mol. The van der Waals surface area contributed by atoms with Crippen molar-refractivity contribution in [2.75, 3.05) is 24.8 Å². The van der Waals surface area contributed by atoms with E-state index >= 15 is 0 Å². The lowest BCUT2D eigenvalue weighted by Gasteiger charge is -2.28. The average Bonchev–Trinajstić information content (AvgIpc) is 3.09. The molecule has 156 valence electrons. The number of allylic oxidation sites excluding steroid dienone is 2. The van der Waals surface area contributed by atoms with Gasteiger partial charge in [0, 0.05) is 17.0 Å². The number of fused-ring (bicyclic) bond motifs is 1. The third-order valence-corrected chi connectivity index (χ3v) is 5.67. The summed E-state index contributed by atoms with van der Waals surface area (Å²) in [6.45, 7) is 8.12. The first-order valence-electron chi connectivity index (χ1n) is 9.88. The Morgan fingerprint density at radius 2 is 2.10 bits per heavy atom. The van der Waals surface area contributed by atoms with Crippen molar-refractivity contribution >= 4 is 23.5 Å². The Balaban J connectivity index is 2.06. The van der Waals surface area contributed by atoms with Gasteiger partial charge in [-0.3, -0.25) is 4.79 Å². The van der Waals surface area contributed by atoms with E-state index in [0.717, 1.165) is 29.9 Å². The third kappa shape index (κ3) is 4.42. The van der Waals surface area contributed by atoms with Crippen molar-refractivity contribution in [3.63, 3.8) is 0 Å². The fourth-order valence-electron chi connectivity index (χ4n) is 3.39. The number of hydrogen-bond acceptors (Lipinski definition) is 7. The second-order valence-electron chi connectivity index (χ2n) is 6.83. The Morgan fingerprint density at radius 1 is 1.31 bits per heavy atom. The third-order valence-electron chi connectivity index (χ3n) is 4.74. The molecule has 1 atom stereocenters. The molecule has 8 heteroatoms. The minimum Gasteiger partial charge on any atom is -0.493 e. The highest BCUT2D eigenvalue weighted by molar-refractivity contribution is 7.99. The summed E-state index contributed by atoms with van der Waals surface area (Å²) in [5, 5.41) is 8.66. The van der Waals surface area contributed by atoms with Crippen LogP contribution >= 0.6 is 11.8 Å². The minimum absolute atomic E-state index is 0.00538. The van der Waals surface area contributed by atoms with E-state index in [-0.39, 0.29) is 11.8 Å². The summed E-state index contributed by atoms with van der Waals surface area (Å²) in [7, 11) is 1.61. The maximum atomic E-state index is 12.5. The molecule has 1 aromatic heterocycles. The number of aromatic nitrogens is 3. The number of nitrogens with one attached hydrogen (secondary N) is 1. The van der Waals surface area contributed by atoms with Gasteiger partial charge in [-0.2, -0.15) is 4.98 Å². The quantitative estimate of drug-likeness (QED) is 0.478. The van der Waals surface area contributed by atoms with E-state index in [4.69, 9.17) is 14.6 Å². The van der Waals surface area contributed by atoms with Crippen LogP contribution in [0.5, 0.6) is 11.5 Å². The fraction of sp³-hybridized carbons (Fsp3) is 0.476. The molecule has 1 aromatic carbocycles. The average molecular weight is 417 g/mol. The lowest BCUT2D eigenvalue weighted by atomic mass is 9.93. The Morgan fingerprint density at radius 3 is 2.76 bits per heavy atom. The number of rotatable bonds is 9. The van der Waals surface area contributed by atoms with Gasteiger partial charge < -0.3 is 14.8 Å². The number of thioether (sulfide) groups is 1. The molecule has 0 saturated heterocycles. The number of Topliss-reactive ketones (excluding diaryl/α,β-unsaturated/α-hetero) is 1. The maximum Gasteiger partial charge on any atom is 0.227 e. The van der Waals surface area contributed by atoms with Crippen molar-refractivity contribution in [3.05, 3.63) is 35.0 Å². The molecule has 1 N–H and O–H groups in total. The highest BCUT2D eigenvalue weighted by Crippen LogP contribution is 2.39. The van der Waals surface area contributed by atoms with E-state index in [1.165, 1.54) is 0 Å². The van der Waals surface area contributed by atoms with Crippen molar-refractivity contribution in [1.82, 2.24) is 14.8 Å². The molecule has 0 amide bonds. The number of methoxy groups -OCH3 is 1. The zero-order chi connectivity index (χ0) is 21.0. The van der Waals surface area contributed by atoms with Gasteiger partial charge in [0.25, 0.3) is 0 Å². The summed E-state index contributed by atoms with van der Waals surface area (Å²) in [6, 6.07) is 5.36. The Hall–Kier alpha value is -2.48. The molecule has 0 aliphatic carbocycles. The van der Waals surface area contributed by atoms with Crippen LogP contribution in [0.2, 0.25) is 0 Å². The summed E-state index contributed by atoms with van der Waals surface area (Å²) in [6.07, 6.45) is 2.24. The van der Waals surface area contributed by atoms with Gasteiger partial charge in [-0.15, -0.1) is 5.10 Å². The van der Waals surface area contributed by atoms with Gasteiger partial charge >= 0.3 is 0 Å². The lowest BCUT2D eigenvalue weighted by molar-refractivity contribution is -0.114. The number of carbonyl (C=O) groups is 1. The monoisotopic (exact) mass is 416 g/mol. The molecular formula is C21H28N4O3S. The van der Waals surface area contributed by atoms with Crippen LogP contribution in [0.4, 0.5) is 5.95 Å². The fourth-order valence-corrected chi connectivity index (χ4v) is 4.31. The summed E-state index contributed by atoms with van der Waals surface area (Å²) in [4.78, 5) is 17.2. The van der Waals surface area contributed by atoms with Crippen LogP contribution in [-0.4, -0.2) is 40.0 Å². The highest BCUT2D eigenvalue weighted by atomic mass is 32.2. The van der Waals surface area contributed by atoms with Crippen LogP contribution in [-0.2, 0) is 4.79 Å². The molecule has 1 aliphatic rings. The second kappa shape index (κ2) is 9.35. The van der Waals surface area contributed by atoms with Gasteiger partial charge in [0.15, 0.2) is 17.3 Å². The number of unbranched alkanes of at least 4 members (excludes halogenated alkanes) is 1. The molecule has 1 aliphatic heterocycles. The molecule has 0 radical (unpaired) electrons. The molecule has 2 heterocycles. The van der Waals surface area contributed by atoms with Crippen molar-refractivity contribution in [1.29, 1.82) is 0 Å². The van der Waals surface area contributed by atoms with Gasteiger partial charge in [0.2, 0.25) is 11.1 Å². The molecule has 0 spiro atoms. The molecule has 0 fully saturated rings. The largest absolute Gasteiger partial charge is 0.493 e. The Kier molecular flexibility index (Phi) is 6.84. The Labute approximate surface area is 175 Å².